The standard InChI is InChI=1S/C19H22FNO5/c1-25-17(23)10-19(18(24)26-2)15-8-7-14(9-16(19)22)21(15)11-12-3-5-13(20)6-4-12/h3-6,14-15H,7-11H2,1-2H3/t14-,15+,19+/m1/s1. The number of hydrogen-bond donors (Lipinski definition) is 0. The van der Waals surface area contributed by atoms with E-state index in [0.29, 0.717) is 13.0 Å². The molecule has 0 N–H and O–H groups in total. The third-order valence-electron chi connectivity index (χ3n) is 5.61. The van der Waals surface area contributed by atoms with Gasteiger partial charge in [-0.3, -0.25) is 19.3 Å². The summed E-state index contributed by atoms with van der Waals surface area (Å²) in [6.07, 6.45) is 1.23. The molecule has 0 aliphatic carbocycles. The van der Waals surface area contributed by atoms with E-state index in [1.54, 1.807) is 12.1 Å². The molecule has 0 aromatic heterocycles. The lowest BCUT2D eigenvalue weighted by Crippen LogP contribution is -2.60. The SMILES string of the molecule is COC(=O)C[C@@]1(C(=O)OC)C(=O)C[C@H]2CC[C@@H]1N2Cc1ccc(F)cc1. The number of ketones is 1. The van der Waals surface area contributed by atoms with Crippen LogP contribution >= 0.6 is 0 Å². The van der Waals surface area contributed by atoms with Gasteiger partial charge in [0.05, 0.1) is 20.6 Å². The van der Waals surface area contributed by atoms with Gasteiger partial charge in [0.1, 0.15) is 5.82 Å². The number of halogens is 1. The van der Waals surface area contributed by atoms with E-state index in [1.165, 1.54) is 26.4 Å². The number of esters is 2. The van der Waals surface area contributed by atoms with Crippen LogP contribution in [-0.4, -0.2) is 48.9 Å². The number of fused-ring (bicyclic) bond motifs is 2. The minimum absolute atomic E-state index is 0.00739. The van der Waals surface area contributed by atoms with Gasteiger partial charge in [-0.25, -0.2) is 4.39 Å². The van der Waals surface area contributed by atoms with Crippen LogP contribution in [0, 0.1) is 11.2 Å². The summed E-state index contributed by atoms with van der Waals surface area (Å²) in [5, 5.41) is 0. The Hall–Kier alpha value is -2.28. The second-order valence-electron chi connectivity index (χ2n) is 6.89. The van der Waals surface area contributed by atoms with E-state index in [1.807, 2.05) is 0 Å². The number of hydrogen-bond acceptors (Lipinski definition) is 6. The Morgan fingerprint density at radius 3 is 2.50 bits per heavy atom. The van der Waals surface area contributed by atoms with E-state index in [9.17, 15) is 18.8 Å². The summed E-state index contributed by atoms with van der Waals surface area (Å²) in [6.45, 7) is 0.475. The lowest BCUT2D eigenvalue weighted by molar-refractivity contribution is -0.172. The molecule has 0 spiro atoms. The molecule has 1 aromatic rings. The van der Waals surface area contributed by atoms with Crippen LogP contribution in [0.25, 0.3) is 0 Å². The van der Waals surface area contributed by atoms with E-state index in [-0.39, 0.29) is 30.5 Å². The zero-order valence-corrected chi connectivity index (χ0v) is 14.9. The second-order valence-corrected chi connectivity index (χ2v) is 6.89. The van der Waals surface area contributed by atoms with Gasteiger partial charge in [0.15, 0.2) is 11.2 Å². The van der Waals surface area contributed by atoms with Crippen LogP contribution in [0.2, 0.25) is 0 Å². The van der Waals surface area contributed by atoms with Crippen molar-refractivity contribution in [3.05, 3.63) is 35.6 Å². The number of methoxy groups -OCH3 is 2. The molecule has 2 fully saturated rings. The molecule has 0 amide bonds. The van der Waals surface area contributed by atoms with Crippen LogP contribution < -0.4 is 0 Å². The van der Waals surface area contributed by atoms with Crippen molar-refractivity contribution in [1.29, 1.82) is 0 Å². The highest BCUT2D eigenvalue weighted by molar-refractivity contribution is 6.08. The third-order valence-corrected chi connectivity index (χ3v) is 5.61. The lowest BCUT2D eigenvalue weighted by Gasteiger charge is -2.45. The Kier molecular flexibility index (Phi) is 5.09. The Bertz CT molecular complexity index is 719. The fourth-order valence-corrected chi connectivity index (χ4v) is 4.33. The molecule has 0 radical (unpaired) electrons. The van der Waals surface area contributed by atoms with Crippen molar-refractivity contribution in [3.8, 4) is 0 Å². The minimum Gasteiger partial charge on any atom is -0.469 e. The molecule has 6 nitrogen and oxygen atoms in total. The van der Waals surface area contributed by atoms with Crippen LogP contribution in [0.3, 0.4) is 0 Å². The third kappa shape index (κ3) is 3.00. The van der Waals surface area contributed by atoms with Gasteiger partial charge in [-0.05, 0) is 30.5 Å². The molecular weight excluding hydrogens is 341 g/mol. The van der Waals surface area contributed by atoms with Gasteiger partial charge in [-0.2, -0.15) is 0 Å². The molecule has 0 unspecified atom stereocenters. The molecule has 3 atom stereocenters. The second kappa shape index (κ2) is 7.15. The summed E-state index contributed by atoms with van der Waals surface area (Å²) in [7, 11) is 2.45. The monoisotopic (exact) mass is 363 g/mol. The largest absolute Gasteiger partial charge is 0.469 e. The summed E-state index contributed by atoms with van der Waals surface area (Å²) in [6, 6.07) is 5.71. The number of rotatable bonds is 5. The van der Waals surface area contributed by atoms with Gasteiger partial charge in [0.25, 0.3) is 0 Å². The lowest BCUT2D eigenvalue weighted by atomic mass is 9.70. The molecule has 3 rings (SSSR count). The van der Waals surface area contributed by atoms with Crippen molar-refractivity contribution >= 4 is 17.7 Å². The summed E-state index contributed by atoms with van der Waals surface area (Å²) in [4.78, 5) is 39.6. The summed E-state index contributed by atoms with van der Waals surface area (Å²) in [5.74, 6) is -1.89. The van der Waals surface area contributed by atoms with Crippen molar-refractivity contribution in [2.45, 2.75) is 44.3 Å². The van der Waals surface area contributed by atoms with Gasteiger partial charge in [0.2, 0.25) is 0 Å². The van der Waals surface area contributed by atoms with Crippen LogP contribution in [0.4, 0.5) is 4.39 Å². The first-order valence-corrected chi connectivity index (χ1v) is 8.61. The highest BCUT2D eigenvalue weighted by Crippen LogP contribution is 2.48. The molecule has 0 saturated carbocycles. The maximum absolute atomic E-state index is 13.2. The molecule has 2 bridgehead atoms. The predicted octanol–water partition coefficient (Wildman–Crippen LogP) is 1.85. The van der Waals surface area contributed by atoms with Crippen LogP contribution in [-0.2, 0) is 30.4 Å². The molecule has 2 heterocycles. The normalized spacial score (nSPS) is 28.0. The van der Waals surface area contributed by atoms with Crippen molar-refractivity contribution in [2.24, 2.45) is 5.41 Å². The van der Waals surface area contributed by atoms with Gasteiger partial charge in [-0.1, -0.05) is 12.1 Å². The molecule has 140 valence electrons. The average molecular weight is 363 g/mol. The Labute approximate surface area is 151 Å². The highest BCUT2D eigenvalue weighted by Gasteiger charge is 2.62. The molecular formula is C19H22FNO5. The Balaban J connectivity index is 1.96. The summed E-state index contributed by atoms with van der Waals surface area (Å²) in [5.41, 5.74) is -0.663. The van der Waals surface area contributed by atoms with Crippen LogP contribution in [0.5, 0.6) is 0 Å². The maximum atomic E-state index is 13.2. The van der Waals surface area contributed by atoms with Gasteiger partial charge >= 0.3 is 11.9 Å². The molecule has 7 heteroatoms. The van der Waals surface area contributed by atoms with Crippen molar-refractivity contribution in [1.82, 2.24) is 4.90 Å². The van der Waals surface area contributed by atoms with Crippen molar-refractivity contribution in [3.63, 3.8) is 0 Å². The van der Waals surface area contributed by atoms with E-state index >= 15 is 0 Å². The van der Waals surface area contributed by atoms with Crippen LogP contribution in [0.1, 0.15) is 31.2 Å². The van der Waals surface area contributed by atoms with E-state index in [0.717, 1.165) is 12.0 Å². The number of Topliss-reactive ketones (excluding diaryl/α,β-unsaturated/α-hetero) is 1. The number of carbonyl (C=O) groups is 3. The predicted molar refractivity (Wildman–Crippen MR) is 89.5 cm³/mol. The zero-order chi connectivity index (χ0) is 18.9. The number of nitrogens with zero attached hydrogens (tertiary/aromatic N) is 1. The van der Waals surface area contributed by atoms with E-state index in [2.05, 4.69) is 4.90 Å². The van der Waals surface area contributed by atoms with E-state index < -0.39 is 23.4 Å². The number of carbonyl (C=O) groups excluding carboxylic acids is 3. The van der Waals surface area contributed by atoms with Crippen LogP contribution in [0.15, 0.2) is 24.3 Å². The molecule has 1 aromatic carbocycles. The Morgan fingerprint density at radius 2 is 1.88 bits per heavy atom. The Morgan fingerprint density at radius 1 is 1.19 bits per heavy atom. The minimum atomic E-state index is -1.55. The topological polar surface area (TPSA) is 72.9 Å². The molecule has 2 saturated heterocycles. The average Bonchev–Trinajstić information content (AvgIpc) is 2.95. The molecule has 2 aliphatic heterocycles. The van der Waals surface area contributed by atoms with Crippen molar-refractivity contribution < 1.29 is 28.2 Å². The first-order chi connectivity index (χ1) is 12.4. The maximum Gasteiger partial charge on any atom is 0.321 e. The smallest absolute Gasteiger partial charge is 0.321 e. The number of benzene rings is 1. The summed E-state index contributed by atoms with van der Waals surface area (Å²) < 4.78 is 22.8. The zero-order valence-electron chi connectivity index (χ0n) is 14.9. The summed E-state index contributed by atoms with van der Waals surface area (Å²) >= 11 is 0. The van der Waals surface area contributed by atoms with E-state index in [4.69, 9.17) is 9.47 Å². The highest BCUT2D eigenvalue weighted by atomic mass is 19.1. The van der Waals surface area contributed by atoms with Gasteiger partial charge < -0.3 is 9.47 Å². The molecule has 26 heavy (non-hydrogen) atoms. The number of piperidine rings is 1. The first kappa shape index (κ1) is 18.5. The fourth-order valence-electron chi connectivity index (χ4n) is 4.33. The van der Waals surface area contributed by atoms with Gasteiger partial charge in [0, 0.05) is 25.0 Å². The number of ether oxygens (including phenoxy) is 2. The van der Waals surface area contributed by atoms with Crippen molar-refractivity contribution in [2.75, 3.05) is 14.2 Å². The first-order valence-electron chi connectivity index (χ1n) is 8.61. The quantitative estimate of drug-likeness (QED) is 0.587. The van der Waals surface area contributed by atoms with Gasteiger partial charge in [-0.15, -0.1) is 0 Å². The molecule has 2 aliphatic rings. The fraction of sp³-hybridized carbons (Fsp3) is 0.526.